The highest BCUT2D eigenvalue weighted by Gasteiger charge is 2.12. The quantitative estimate of drug-likeness (QED) is 0.447. The number of ether oxygens (including phenoxy) is 3. The summed E-state index contributed by atoms with van der Waals surface area (Å²) in [5, 5.41) is 0. The lowest BCUT2D eigenvalue weighted by molar-refractivity contribution is -0.132. The Labute approximate surface area is 101 Å². The smallest absolute Gasteiger partial charge is 0.308 e. The number of hydrogen-bond donors (Lipinski definition) is 0. The molecule has 1 unspecified atom stereocenters. The van der Waals surface area contributed by atoms with E-state index in [2.05, 4.69) is 6.58 Å². The summed E-state index contributed by atoms with van der Waals surface area (Å²) in [6, 6.07) is 5.23. The first kappa shape index (κ1) is 13.3. The molecule has 0 aliphatic carbocycles. The third-order valence-electron chi connectivity index (χ3n) is 2.24. The van der Waals surface area contributed by atoms with Crippen LogP contribution in [0.25, 0.3) is 0 Å². The van der Waals surface area contributed by atoms with Crippen molar-refractivity contribution in [3.05, 3.63) is 36.4 Å². The number of hydrogen-bond acceptors (Lipinski definition) is 4. The van der Waals surface area contributed by atoms with E-state index >= 15 is 0 Å². The summed E-state index contributed by atoms with van der Waals surface area (Å²) < 4.78 is 15.4. The maximum atomic E-state index is 10.9. The van der Waals surface area contributed by atoms with Gasteiger partial charge in [-0.05, 0) is 17.7 Å². The SMILES string of the molecule is C=CC(OC)c1ccc(OC(C)=O)c(OC)c1. The number of benzene rings is 1. The third kappa shape index (κ3) is 3.32. The minimum atomic E-state index is -0.386. The van der Waals surface area contributed by atoms with E-state index in [4.69, 9.17) is 14.2 Å². The summed E-state index contributed by atoms with van der Waals surface area (Å²) in [5.41, 5.74) is 0.884. The molecule has 0 aliphatic heterocycles. The molecule has 4 nitrogen and oxygen atoms in total. The highest BCUT2D eigenvalue weighted by Crippen LogP contribution is 2.31. The molecule has 1 aromatic rings. The topological polar surface area (TPSA) is 44.8 Å². The normalized spacial score (nSPS) is 11.7. The van der Waals surface area contributed by atoms with Crippen LogP contribution >= 0.6 is 0 Å². The van der Waals surface area contributed by atoms with E-state index in [-0.39, 0.29) is 12.1 Å². The number of carbonyl (C=O) groups is 1. The maximum absolute atomic E-state index is 10.9. The maximum Gasteiger partial charge on any atom is 0.308 e. The predicted octanol–water partition coefficient (Wildman–Crippen LogP) is 2.49. The molecular formula is C13H16O4. The first-order valence-corrected chi connectivity index (χ1v) is 5.14. The summed E-state index contributed by atoms with van der Waals surface area (Å²) in [7, 11) is 3.11. The van der Waals surface area contributed by atoms with Crippen LogP contribution in [0.5, 0.6) is 11.5 Å². The van der Waals surface area contributed by atoms with E-state index in [0.717, 1.165) is 5.56 Å². The van der Waals surface area contributed by atoms with E-state index in [9.17, 15) is 4.79 Å². The van der Waals surface area contributed by atoms with Gasteiger partial charge in [0, 0.05) is 14.0 Å². The fourth-order valence-corrected chi connectivity index (χ4v) is 1.47. The molecular weight excluding hydrogens is 220 g/mol. The van der Waals surface area contributed by atoms with Crippen LogP contribution in [0.3, 0.4) is 0 Å². The molecule has 0 spiro atoms. The second-order valence-corrected chi connectivity index (χ2v) is 3.40. The molecule has 1 rings (SSSR count). The van der Waals surface area contributed by atoms with Gasteiger partial charge in [-0.25, -0.2) is 0 Å². The van der Waals surface area contributed by atoms with E-state index in [1.807, 2.05) is 0 Å². The monoisotopic (exact) mass is 236 g/mol. The minimum absolute atomic E-state index is 0.213. The van der Waals surface area contributed by atoms with Gasteiger partial charge >= 0.3 is 5.97 Å². The van der Waals surface area contributed by atoms with Crippen LogP contribution in [-0.2, 0) is 9.53 Å². The molecule has 0 aliphatic rings. The molecule has 0 aromatic heterocycles. The summed E-state index contributed by atoms with van der Waals surface area (Å²) >= 11 is 0. The summed E-state index contributed by atoms with van der Waals surface area (Å²) in [6.45, 7) is 5.03. The van der Waals surface area contributed by atoms with Crippen molar-refractivity contribution in [2.75, 3.05) is 14.2 Å². The molecule has 1 aromatic carbocycles. The first-order valence-electron chi connectivity index (χ1n) is 5.14. The zero-order valence-corrected chi connectivity index (χ0v) is 10.2. The fraction of sp³-hybridized carbons (Fsp3) is 0.308. The molecule has 0 fully saturated rings. The number of esters is 1. The number of carbonyl (C=O) groups excluding carboxylic acids is 1. The lowest BCUT2D eigenvalue weighted by atomic mass is 10.1. The van der Waals surface area contributed by atoms with Crippen LogP contribution in [0.1, 0.15) is 18.6 Å². The average molecular weight is 236 g/mol. The molecule has 0 amide bonds. The molecule has 1 atom stereocenters. The van der Waals surface area contributed by atoms with Gasteiger partial charge in [-0.2, -0.15) is 0 Å². The molecule has 0 saturated carbocycles. The van der Waals surface area contributed by atoms with Gasteiger partial charge in [-0.1, -0.05) is 12.1 Å². The average Bonchev–Trinajstić information content (AvgIpc) is 2.31. The Morgan fingerprint density at radius 2 is 2.06 bits per heavy atom. The van der Waals surface area contributed by atoms with Crippen molar-refractivity contribution in [3.8, 4) is 11.5 Å². The lowest BCUT2D eigenvalue weighted by Crippen LogP contribution is -2.04. The van der Waals surface area contributed by atoms with Crippen LogP contribution in [0.15, 0.2) is 30.9 Å². The Morgan fingerprint density at radius 1 is 1.35 bits per heavy atom. The van der Waals surface area contributed by atoms with Crippen LogP contribution in [0.2, 0.25) is 0 Å². The minimum Gasteiger partial charge on any atom is -0.493 e. The summed E-state index contributed by atoms with van der Waals surface area (Å²) in [6.07, 6.45) is 1.47. The van der Waals surface area contributed by atoms with Crippen molar-refractivity contribution in [3.63, 3.8) is 0 Å². The zero-order chi connectivity index (χ0) is 12.8. The Kier molecular flexibility index (Phi) is 4.72. The fourth-order valence-electron chi connectivity index (χ4n) is 1.47. The van der Waals surface area contributed by atoms with Crippen LogP contribution < -0.4 is 9.47 Å². The van der Waals surface area contributed by atoms with Gasteiger partial charge in [0.25, 0.3) is 0 Å². The zero-order valence-electron chi connectivity index (χ0n) is 10.2. The van der Waals surface area contributed by atoms with E-state index in [0.29, 0.717) is 11.5 Å². The molecule has 0 saturated heterocycles. The van der Waals surface area contributed by atoms with Gasteiger partial charge < -0.3 is 14.2 Å². The molecule has 0 N–H and O–H groups in total. The van der Waals surface area contributed by atoms with Gasteiger partial charge in [0.15, 0.2) is 11.5 Å². The summed E-state index contributed by atoms with van der Waals surface area (Å²) in [5.74, 6) is 0.493. The first-order chi connectivity index (χ1) is 8.12. The Hall–Kier alpha value is -1.81. The third-order valence-corrected chi connectivity index (χ3v) is 2.24. The largest absolute Gasteiger partial charge is 0.493 e. The predicted molar refractivity (Wildman–Crippen MR) is 64.3 cm³/mol. The Morgan fingerprint density at radius 3 is 2.53 bits per heavy atom. The van der Waals surface area contributed by atoms with Crippen LogP contribution in [-0.4, -0.2) is 20.2 Å². The highest BCUT2D eigenvalue weighted by atomic mass is 16.6. The Bertz CT molecular complexity index is 412. The van der Waals surface area contributed by atoms with Gasteiger partial charge in [0.2, 0.25) is 0 Å². The Balaban J connectivity index is 3.07. The molecule has 4 heteroatoms. The van der Waals surface area contributed by atoms with Crippen LogP contribution in [0.4, 0.5) is 0 Å². The lowest BCUT2D eigenvalue weighted by Gasteiger charge is -2.14. The molecule has 0 radical (unpaired) electrons. The van der Waals surface area contributed by atoms with E-state index in [1.165, 1.54) is 14.0 Å². The van der Waals surface area contributed by atoms with Crippen LogP contribution in [0, 0.1) is 0 Å². The van der Waals surface area contributed by atoms with Crippen molar-refractivity contribution in [2.24, 2.45) is 0 Å². The van der Waals surface area contributed by atoms with Gasteiger partial charge in [-0.15, -0.1) is 6.58 Å². The molecule has 0 heterocycles. The molecule has 17 heavy (non-hydrogen) atoms. The number of rotatable bonds is 5. The summed E-state index contributed by atoms with van der Waals surface area (Å²) in [4.78, 5) is 10.9. The van der Waals surface area contributed by atoms with Crippen molar-refractivity contribution >= 4 is 5.97 Å². The standard InChI is InChI=1S/C13H16O4/c1-5-11(15-3)10-6-7-12(17-9(2)14)13(8-10)16-4/h5-8,11H,1H2,2-4H3. The highest BCUT2D eigenvalue weighted by molar-refractivity contribution is 5.70. The van der Waals surface area contributed by atoms with E-state index < -0.39 is 0 Å². The van der Waals surface area contributed by atoms with E-state index in [1.54, 1.807) is 31.4 Å². The van der Waals surface area contributed by atoms with Crippen molar-refractivity contribution in [1.29, 1.82) is 0 Å². The molecule has 0 bridgehead atoms. The van der Waals surface area contributed by atoms with Crippen molar-refractivity contribution in [1.82, 2.24) is 0 Å². The van der Waals surface area contributed by atoms with Gasteiger partial charge in [0.1, 0.15) is 6.10 Å². The second kappa shape index (κ2) is 6.06. The molecule has 92 valence electrons. The second-order valence-electron chi connectivity index (χ2n) is 3.40. The van der Waals surface area contributed by atoms with Crippen molar-refractivity contribution in [2.45, 2.75) is 13.0 Å². The van der Waals surface area contributed by atoms with Gasteiger partial charge in [-0.3, -0.25) is 4.79 Å². The van der Waals surface area contributed by atoms with Crippen molar-refractivity contribution < 1.29 is 19.0 Å². The van der Waals surface area contributed by atoms with Gasteiger partial charge in [0.05, 0.1) is 7.11 Å². The number of methoxy groups -OCH3 is 2.